The number of hydrogen-bond acceptors (Lipinski definition) is 4. The number of aliphatic carboxylic acids is 1. The van der Waals surface area contributed by atoms with Gasteiger partial charge < -0.3 is 25.7 Å². The van der Waals surface area contributed by atoms with E-state index in [1.807, 2.05) is 13.8 Å². The van der Waals surface area contributed by atoms with Crippen LogP contribution in [-0.2, 0) is 9.59 Å². The molecule has 20 heavy (non-hydrogen) atoms. The molecule has 8 nitrogen and oxygen atoms in total. The summed E-state index contributed by atoms with van der Waals surface area (Å²) < 4.78 is 0. The number of likely N-dealkylation sites (tertiary alicyclic amines) is 1. The molecule has 114 valence electrons. The predicted octanol–water partition coefficient (Wildman–Crippen LogP) is -1.01. The number of carbonyl (C=O) groups excluding carboxylic acids is 2. The molecular formula is C12H21N3O5. The highest BCUT2D eigenvalue weighted by molar-refractivity contribution is 5.87. The summed E-state index contributed by atoms with van der Waals surface area (Å²) in [6.45, 7) is 4.14. The smallest absolute Gasteiger partial charge is 0.326 e. The van der Waals surface area contributed by atoms with Crippen molar-refractivity contribution in [1.29, 1.82) is 0 Å². The third-order valence-electron chi connectivity index (χ3n) is 2.93. The van der Waals surface area contributed by atoms with Gasteiger partial charge in [-0.25, -0.2) is 9.59 Å². The molecule has 1 fully saturated rings. The number of β-amino-alcohol motifs (C(OH)–C–C–N with tert-alkyl or cyclic N) is 1. The molecule has 1 aliphatic rings. The zero-order valence-electron chi connectivity index (χ0n) is 11.6. The van der Waals surface area contributed by atoms with Crippen molar-refractivity contribution in [2.24, 2.45) is 5.92 Å². The monoisotopic (exact) mass is 287 g/mol. The van der Waals surface area contributed by atoms with Gasteiger partial charge in [0.1, 0.15) is 6.04 Å². The van der Waals surface area contributed by atoms with Crippen molar-refractivity contribution < 1.29 is 24.6 Å². The van der Waals surface area contributed by atoms with Crippen LogP contribution in [0.2, 0.25) is 0 Å². The molecule has 4 N–H and O–H groups in total. The van der Waals surface area contributed by atoms with Gasteiger partial charge in [-0.05, 0) is 5.92 Å². The number of amides is 3. The topological polar surface area (TPSA) is 119 Å². The fourth-order valence-corrected chi connectivity index (χ4v) is 1.91. The Morgan fingerprint density at radius 3 is 2.50 bits per heavy atom. The third-order valence-corrected chi connectivity index (χ3v) is 2.93. The van der Waals surface area contributed by atoms with E-state index in [-0.39, 0.29) is 25.4 Å². The van der Waals surface area contributed by atoms with Gasteiger partial charge in [-0.3, -0.25) is 4.79 Å². The van der Waals surface area contributed by atoms with Crippen molar-refractivity contribution in [1.82, 2.24) is 15.5 Å². The highest BCUT2D eigenvalue weighted by Gasteiger charge is 2.38. The molecule has 1 rings (SSSR count). The zero-order valence-corrected chi connectivity index (χ0v) is 11.6. The third kappa shape index (κ3) is 4.69. The maximum atomic E-state index is 11.8. The number of carbonyl (C=O) groups is 3. The van der Waals surface area contributed by atoms with Crippen LogP contribution in [0.25, 0.3) is 0 Å². The number of aliphatic hydroxyl groups is 1. The van der Waals surface area contributed by atoms with Crippen molar-refractivity contribution in [3.8, 4) is 0 Å². The Labute approximate surface area is 117 Å². The number of carboxylic acids is 1. The van der Waals surface area contributed by atoms with Crippen LogP contribution in [0.15, 0.2) is 0 Å². The lowest BCUT2D eigenvalue weighted by Gasteiger charge is -2.21. The molecule has 1 heterocycles. The van der Waals surface area contributed by atoms with E-state index in [9.17, 15) is 19.5 Å². The highest BCUT2D eigenvalue weighted by atomic mass is 16.4. The van der Waals surface area contributed by atoms with Gasteiger partial charge in [0.05, 0.1) is 12.6 Å². The lowest BCUT2D eigenvalue weighted by molar-refractivity contribution is -0.141. The number of nitrogens with one attached hydrogen (secondary N) is 2. The van der Waals surface area contributed by atoms with Crippen LogP contribution in [0.5, 0.6) is 0 Å². The number of urea groups is 1. The summed E-state index contributed by atoms with van der Waals surface area (Å²) in [7, 11) is 0. The van der Waals surface area contributed by atoms with Crippen LogP contribution in [0.1, 0.15) is 20.3 Å². The fourth-order valence-electron chi connectivity index (χ4n) is 1.91. The van der Waals surface area contributed by atoms with E-state index in [2.05, 4.69) is 10.6 Å². The summed E-state index contributed by atoms with van der Waals surface area (Å²) in [6, 6.07) is -1.71. The van der Waals surface area contributed by atoms with Crippen LogP contribution in [0.4, 0.5) is 4.79 Å². The normalized spacial score (nSPS) is 21.9. The number of carboxylic acid groups (broad SMARTS) is 1. The SMILES string of the molecule is CC(C)CNC(=O)CNC(=O)N1C[C@@H](O)C[C@H]1C(=O)O. The first kappa shape index (κ1) is 16.2. The highest BCUT2D eigenvalue weighted by Crippen LogP contribution is 2.17. The molecule has 0 aromatic rings. The van der Waals surface area contributed by atoms with Gasteiger partial charge in [-0.2, -0.15) is 0 Å². The van der Waals surface area contributed by atoms with E-state index in [1.165, 1.54) is 0 Å². The molecule has 0 aliphatic carbocycles. The van der Waals surface area contributed by atoms with Crippen LogP contribution in [-0.4, -0.2) is 64.8 Å². The molecule has 3 amide bonds. The lowest BCUT2D eigenvalue weighted by atomic mass is 10.2. The Balaban J connectivity index is 2.42. The molecule has 0 aromatic heterocycles. The first-order valence-electron chi connectivity index (χ1n) is 6.53. The quantitative estimate of drug-likeness (QED) is 0.516. The predicted molar refractivity (Wildman–Crippen MR) is 70.0 cm³/mol. The average Bonchev–Trinajstić information content (AvgIpc) is 2.75. The molecule has 1 saturated heterocycles. The lowest BCUT2D eigenvalue weighted by Crippen LogP contribution is -2.48. The van der Waals surface area contributed by atoms with Gasteiger partial charge >= 0.3 is 12.0 Å². The van der Waals surface area contributed by atoms with Gasteiger partial charge in [0.25, 0.3) is 0 Å². The second kappa shape index (κ2) is 7.09. The molecule has 1 aliphatic heterocycles. The Morgan fingerprint density at radius 1 is 1.30 bits per heavy atom. The van der Waals surface area contributed by atoms with Crippen molar-refractivity contribution in [2.75, 3.05) is 19.6 Å². The summed E-state index contributed by atoms with van der Waals surface area (Å²) in [5.41, 5.74) is 0. The second-order valence-corrected chi connectivity index (χ2v) is 5.25. The summed E-state index contributed by atoms with van der Waals surface area (Å²) in [4.78, 5) is 35.2. The summed E-state index contributed by atoms with van der Waals surface area (Å²) >= 11 is 0. The van der Waals surface area contributed by atoms with Crippen molar-refractivity contribution >= 4 is 17.9 Å². The van der Waals surface area contributed by atoms with E-state index in [1.54, 1.807) is 0 Å². The Hall–Kier alpha value is -1.83. The standard InChI is InChI=1S/C12H21N3O5/c1-7(2)4-13-10(17)5-14-12(20)15-6-8(16)3-9(15)11(18)19/h7-9,16H,3-6H2,1-2H3,(H,13,17)(H,14,20)(H,18,19)/t8-,9-/m0/s1. The average molecular weight is 287 g/mol. The Bertz CT molecular complexity index is 385. The largest absolute Gasteiger partial charge is 0.480 e. The van der Waals surface area contributed by atoms with Crippen LogP contribution >= 0.6 is 0 Å². The summed E-state index contributed by atoms with van der Waals surface area (Å²) in [5, 5.41) is 23.4. The molecule has 0 unspecified atom stereocenters. The number of aliphatic hydroxyl groups excluding tert-OH is 1. The van der Waals surface area contributed by atoms with Gasteiger partial charge in [0, 0.05) is 19.5 Å². The first-order chi connectivity index (χ1) is 9.31. The van der Waals surface area contributed by atoms with Crippen molar-refractivity contribution in [3.63, 3.8) is 0 Å². The van der Waals surface area contributed by atoms with E-state index >= 15 is 0 Å². The zero-order chi connectivity index (χ0) is 15.3. The minimum absolute atomic E-state index is 0.00228. The number of nitrogens with zero attached hydrogens (tertiary/aromatic N) is 1. The molecule has 0 spiro atoms. The first-order valence-corrected chi connectivity index (χ1v) is 6.53. The van der Waals surface area contributed by atoms with E-state index in [4.69, 9.17) is 5.11 Å². The fraction of sp³-hybridized carbons (Fsp3) is 0.750. The van der Waals surface area contributed by atoms with Crippen molar-refractivity contribution in [2.45, 2.75) is 32.4 Å². The minimum Gasteiger partial charge on any atom is -0.480 e. The molecule has 0 saturated carbocycles. The van der Waals surface area contributed by atoms with Crippen molar-refractivity contribution in [3.05, 3.63) is 0 Å². The molecule has 2 atom stereocenters. The summed E-state index contributed by atoms with van der Waals surface area (Å²) in [5.74, 6) is -1.19. The Morgan fingerprint density at radius 2 is 1.95 bits per heavy atom. The van der Waals surface area contributed by atoms with Gasteiger partial charge in [0.15, 0.2) is 0 Å². The van der Waals surface area contributed by atoms with E-state index < -0.39 is 24.1 Å². The number of hydrogen-bond donors (Lipinski definition) is 4. The maximum Gasteiger partial charge on any atom is 0.326 e. The Kier molecular flexibility index (Phi) is 5.75. The molecule has 8 heteroatoms. The van der Waals surface area contributed by atoms with Gasteiger partial charge in [0.2, 0.25) is 5.91 Å². The molecule has 0 bridgehead atoms. The van der Waals surface area contributed by atoms with Crippen LogP contribution in [0, 0.1) is 5.92 Å². The molecular weight excluding hydrogens is 266 g/mol. The minimum atomic E-state index is -1.17. The number of rotatable bonds is 5. The van der Waals surface area contributed by atoms with E-state index in [0.717, 1.165) is 4.90 Å². The van der Waals surface area contributed by atoms with Crippen LogP contribution in [0.3, 0.4) is 0 Å². The van der Waals surface area contributed by atoms with E-state index in [0.29, 0.717) is 12.5 Å². The molecule has 0 aromatic carbocycles. The maximum absolute atomic E-state index is 11.8. The van der Waals surface area contributed by atoms with Gasteiger partial charge in [-0.15, -0.1) is 0 Å². The van der Waals surface area contributed by atoms with Crippen LogP contribution < -0.4 is 10.6 Å². The summed E-state index contributed by atoms with van der Waals surface area (Å²) in [6.07, 6.45) is -0.848. The van der Waals surface area contributed by atoms with Gasteiger partial charge in [-0.1, -0.05) is 13.8 Å². The molecule has 0 radical (unpaired) electrons. The second-order valence-electron chi connectivity index (χ2n) is 5.25.